The summed E-state index contributed by atoms with van der Waals surface area (Å²) in [5, 5.41) is 0. The molecule has 1 aliphatic heterocycles. The van der Waals surface area contributed by atoms with E-state index in [0.717, 1.165) is 38.2 Å². The molecule has 1 aromatic carbocycles. The molecule has 1 atom stereocenters. The zero-order valence-electron chi connectivity index (χ0n) is 13.0. The molecule has 3 rings (SSSR count). The van der Waals surface area contributed by atoms with Crippen LogP contribution >= 0.6 is 0 Å². The maximum absolute atomic E-state index is 13.9. The van der Waals surface area contributed by atoms with Crippen LogP contribution in [0, 0.1) is 11.7 Å². The first-order valence-corrected chi connectivity index (χ1v) is 7.85. The number of methoxy groups -OCH3 is 1. The van der Waals surface area contributed by atoms with E-state index in [4.69, 9.17) is 4.74 Å². The van der Waals surface area contributed by atoms with E-state index in [9.17, 15) is 4.39 Å². The lowest BCUT2D eigenvalue weighted by molar-refractivity contribution is 0.151. The molecular formula is C18H23FN2O. The summed E-state index contributed by atoms with van der Waals surface area (Å²) in [6.07, 6.45) is 3.17. The molecule has 0 bridgehead atoms. The second kappa shape index (κ2) is 7.07. The van der Waals surface area contributed by atoms with E-state index in [1.54, 1.807) is 13.2 Å². The molecule has 0 radical (unpaired) electrons. The quantitative estimate of drug-likeness (QED) is 0.843. The minimum atomic E-state index is -0.115. The van der Waals surface area contributed by atoms with E-state index in [-0.39, 0.29) is 5.82 Å². The number of ether oxygens (including phenoxy) is 1. The molecule has 1 aromatic heterocycles. The standard InChI is InChI=1S/C18H23FN2O/c1-22-10-8-15-11-20(13-16-5-2-3-7-18(16)19)14-17-6-4-9-21(17)12-15/h2-7,9,15H,8,10-14H2,1H3/t15-/m1/s1. The molecule has 0 aliphatic carbocycles. The van der Waals surface area contributed by atoms with Crippen molar-refractivity contribution in [2.45, 2.75) is 26.1 Å². The summed E-state index contributed by atoms with van der Waals surface area (Å²) >= 11 is 0. The zero-order valence-corrected chi connectivity index (χ0v) is 13.0. The van der Waals surface area contributed by atoms with Gasteiger partial charge < -0.3 is 9.30 Å². The third-order valence-corrected chi connectivity index (χ3v) is 4.36. The Morgan fingerprint density at radius 3 is 2.86 bits per heavy atom. The van der Waals surface area contributed by atoms with Crippen molar-refractivity contribution in [2.24, 2.45) is 5.92 Å². The predicted molar refractivity (Wildman–Crippen MR) is 84.9 cm³/mol. The normalized spacial score (nSPS) is 18.9. The highest BCUT2D eigenvalue weighted by atomic mass is 19.1. The third-order valence-electron chi connectivity index (χ3n) is 4.36. The van der Waals surface area contributed by atoms with Crippen molar-refractivity contribution in [3.8, 4) is 0 Å². The van der Waals surface area contributed by atoms with Crippen molar-refractivity contribution in [2.75, 3.05) is 20.3 Å². The lowest BCUT2D eigenvalue weighted by Crippen LogP contribution is -2.28. The van der Waals surface area contributed by atoms with Gasteiger partial charge in [0.05, 0.1) is 0 Å². The second-order valence-electron chi connectivity index (χ2n) is 6.06. The smallest absolute Gasteiger partial charge is 0.127 e. The highest BCUT2D eigenvalue weighted by Gasteiger charge is 2.22. The van der Waals surface area contributed by atoms with Crippen LogP contribution in [0.2, 0.25) is 0 Å². The van der Waals surface area contributed by atoms with E-state index in [0.29, 0.717) is 12.5 Å². The number of hydrogen-bond acceptors (Lipinski definition) is 2. The molecule has 0 unspecified atom stereocenters. The van der Waals surface area contributed by atoms with Crippen LogP contribution in [0.4, 0.5) is 4.39 Å². The summed E-state index contributed by atoms with van der Waals surface area (Å²) in [5.41, 5.74) is 2.07. The van der Waals surface area contributed by atoms with E-state index in [1.165, 1.54) is 11.8 Å². The molecule has 0 saturated carbocycles. The van der Waals surface area contributed by atoms with Crippen molar-refractivity contribution < 1.29 is 9.13 Å². The van der Waals surface area contributed by atoms with Crippen molar-refractivity contribution in [3.05, 3.63) is 59.7 Å². The molecule has 0 amide bonds. The van der Waals surface area contributed by atoms with Gasteiger partial charge in [0, 0.05) is 57.3 Å². The Balaban J connectivity index is 1.76. The number of halogens is 1. The molecular weight excluding hydrogens is 279 g/mol. The molecule has 0 fully saturated rings. The lowest BCUT2D eigenvalue weighted by atomic mass is 10.1. The fourth-order valence-corrected chi connectivity index (χ4v) is 3.22. The van der Waals surface area contributed by atoms with Crippen LogP contribution in [-0.4, -0.2) is 29.7 Å². The summed E-state index contributed by atoms with van der Waals surface area (Å²) in [7, 11) is 1.74. The van der Waals surface area contributed by atoms with Gasteiger partial charge in [0.2, 0.25) is 0 Å². The minimum Gasteiger partial charge on any atom is -0.385 e. The fourth-order valence-electron chi connectivity index (χ4n) is 3.22. The summed E-state index contributed by atoms with van der Waals surface area (Å²) in [5.74, 6) is 0.413. The molecule has 2 aromatic rings. The molecule has 0 N–H and O–H groups in total. The van der Waals surface area contributed by atoms with Crippen LogP contribution in [0.3, 0.4) is 0 Å². The average Bonchev–Trinajstić information content (AvgIpc) is 2.87. The summed E-state index contributed by atoms with van der Waals surface area (Å²) in [6, 6.07) is 11.3. The average molecular weight is 302 g/mol. The Kier molecular flexibility index (Phi) is 4.90. The number of nitrogens with zero attached hydrogens (tertiary/aromatic N) is 2. The van der Waals surface area contributed by atoms with E-state index in [2.05, 4.69) is 27.8 Å². The van der Waals surface area contributed by atoms with E-state index in [1.807, 2.05) is 12.1 Å². The maximum atomic E-state index is 13.9. The molecule has 0 spiro atoms. The first kappa shape index (κ1) is 15.3. The van der Waals surface area contributed by atoms with Crippen LogP contribution in [0.15, 0.2) is 42.6 Å². The van der Waals surface area contributed by atoms with Crippen LogP contribution in [0.25, 0.3) is 0 Å². The maximum Gasteiger partial charge on any atom is 0.127 e. The highest BCUT2D eigenvalue weighted by Crippen LogP contribution is 2.22. The van der Waals surface area contributed by atoms with E-state index < -0.39 is 0 Å². The van der Waals surface area contributed by atoms with Crippen LogP contribution in [0.1, 0.15) is 17.7 Å². The molecule has 22 heavy (non-hydrogen) atoms. The van der Waals surface area contributed by atoms with E-state index >= 15 is 0 Å². The molecule has 0 saturated heterocycles. The van der Waals surface area contributed by atoms with Gasteiger partial charge in [0.1, 0.15) is 5.82 Å². The summed E-state index contributed by atoms with van der Waals surface area (Å²) in [4.78, 5) is 2.34. The Morgan fingerprint density at radius 2 is 2.05 bits per heavy atom. The summed E-state index contributed by atoms with van der Waals surface area (Å²) in [6.45, 7) is 4.28. The predicted octanol–water partition coefficient (Wildman–Crippen LogP) is 3.30. The van der Waals surface area contributed by atoms with Gasteiger partial charge in [0.25, 0.3) is 0 Å². The van der Waals surface area contributed by atoms with Crippen molar-refractivity contribution in [1.29, 1.82) is 0 Å². The van der Waals surface area contributed by atoms with Gasteiger partial charge in [-0.1, -0.05) is 18.2 Å². The van der Waals surface area contributed by atoms with Crippen LogP contribution < -0.4 is 0 Å². The molecule has 4 heteroatoms. The van der Waals surface area contributed by atoms with Crippen molar-refractivity contribution >= 4 is 0 Å². The Morgan fingerprint density at radius 1 is 1.18 bits per heavy atom. The van der Waals surface area contributed by atoms with Crippen LogP contribution in [0.5, 0.6) is 0 Å². The van der Waals surface area contributed by atoms with Gasteiger partial charge in [-0.15, -0.1) is 0 Å². The van der Waals surface area contributed by atoms with Gasteiger partial charge >= 0.3 is 0 Å². The SMILES string of the molecule is COCC[C@@H]1CN(Cc2ccccc2F)Cc2cccn2C1. The number of hydrogen-bond donors (Lipinski definition) is 0. The Bertz CT molecular complexity index is 611. The fraction of sp³-hybridized carbons (Fsp3) is 0.444. The lowest BCUT2D eigenvalue weighted by Gasteiger charge is -2.24. The second-order valence-corrected chi connectivity index (χ2v) is 6.06. The molecule has 118 valence electrons. The van der Waals surface area contributed by atoms with Gasteiger partial charge in [0.15, 0.2) is 0 Å². The third kappa shape index (κ3) is 3.57. The van der Waals surface area contributed by atoms with Gasteiger partial charge in [-0.3, -0.25) is 4.90 Å². The minimum absolute atomic E-state index is 0.115. The topological polar surface area (TPSA) is 17.4 Å². The van der Waals surface area contributed by atoms with Gasteiger partial charge in [-0.05, 0) is 30.5 Å². The Hall–Kier alpha value is -1.65. The number of benzene rings is 1. The zero-order chi connectivity index (χ0) is 15.4. The number of aromatic nitrogens is 1. The highest BCUT2D eigenvalue weighted by molar-refractivity contribution is 5.18. The molecule has 1 aliphatic rings. The summed E-state index contributed by atoms with van der Waals surface area (Å²) < 4.78 is 21.5. The van der Waals surface area contributed by atoms with Crippen molar-refractivity contribution in [1.82, 2.24) is 9.47 Å². The van der Waals surface area contributed by atoms with Gasteiger partial charge in [-0.25, -0.2) is 4.39 Å². The first-order valence-electron chi connectivity index (χ1n) is 7.85. The number of rotatable bonds is 5. The van der Waals surface area contributed by atoms with Gasteiger partial charge in [-0.2, -0.15) is 0 Å². The molecule has 2 heterocycles. The largest absolute Gasteiger partial charge is 0.385 e. The monoisotopic (exact) mass is 302 g/mol. The number of fused-ring (bicyclic) bond motifs is 1. The van der Waals surface area contributed by atoms with Crippen molar-refractivity contribution in [3.63, 3.8) is 0 Å². The molecule has 3 nitrogen and oxygen atoms in total. The van der Waals surface area contributed by atoms with Crippen LogP contribution in [-0.2, 0) is 24.4 Å². The first-order chi connectivity index (χ1) is 10.8. The Labute approximate surface area is 131 Å².